The van der Waals surface area contributed by atoms with Crippen LogP contribution in [-0.4, -0.2) is 9.67 Å². The molecule has 3 heteroatoms. The number of pyridine rings is 1. The van der Waals surface area contributed by atoms with Crippen LogP contribution in [0.2, 0.25) is 0 Å². The first-order valence-corrected chi connectivity index (χ1v) is 4.57. The minimum atomic E-state index is -0.0931. The summed E-state index contributed by atoms with van der Waals surface area (Å²) in [4.78, 5) is 11.4. The van der Waals surface area contributed by atoms with Gasteiger partial charge in [-0.2, -0.15) is 0 Å². The molecular weight excluding hydrogens is 166 g/mol. The molecular formula is C10H13NO2. The molecule has 1 aliphatic rings. The van der Waals surface area contributed by atoms with Crippen LogP contribution in [0.1, 0.15) is 18.5 Å². The summed E-state index contributed by atoms with van der Waals surface area (Å²) in [5, 5.41) is 9.15. The van der Waals surface area contributed by atoms with Crippen molar-refractivity contribution < 1.29 is 5.11 Å². The van der Waals surface area contributed by atoms with E-state index in [1.165, 1.54) is 18.9 Å². The summed E-state index contributed by atoms with van der Waals surface area (Å²) < 4.78 is 1.73. The van der Waals surface area contributed by atoms with E-state index in [1.807, 2.05) is 6.92 Å². The number of aryl methyl sites for hydroxylation is 1. The lowest BCUT2D eigenvalue weighted by atomic mass is 10.3. The maximum absolute atomic E-state index is 11.4. The van der Waals surface area contributed by atoms with Crippen molar-refractivity contribution in [3.05, 3.63) is 28.2 Å². The number of rotatable bonds is 2. The summed E-state index contributed by atoms with van der Waals surface area (Å²) in [5.74, 6) is 0.746. The number of nitrogens with zero attached hydrogens (tertiary/aromatic N) is 1. The maximum Gasteiger partial charge on any atom is 0.254 e. The molecule has 0 saturated heterocycles. The number of aromatic hydroxyl groups is 1. The molecule has 0 aliphatic heterocycles. The summed E-state index contributed by atoms with van der Waals surface area (Å²) in [6.45, 7) is 2.66. The topological polar surface area (TPSA) is 42.2 Å². The fourth-order valence-corrected chi connectivity index (χ4v) is 1.50. The van der Waals surface area contributed by atoms with Crippen molar-refractivity contribution in [1.82, 2.24) is 4.57 Å². The van der Waals surface area contributed by atoms with Crippen LogP contribution in [0.15, 0.2) is 16.9 Å². The molecule has 13 heavy (non-hydrogen) atoms. The van der Waals surface area contributed by atoms with Crippen LogP contribution >= 0.6 is 0 Å². The molecule has 0 amide bonds. The van der Waals surface area contributed by atoms with E-state index in [1.54, 1.807) is 10.6 Å². The SMILES string of the molecule is Cc1cc(O)cc(=O)n1CC1CC1. The van der Waals surface area contributed by atoms with Gasteiger partial charge in [0.2, 0.25) is 0 Å². The van der Waals surface area contributed by atoms with E-state index >= 15 is 0 Å². The Hall–Kier alpha value is -1.25. The average Bonchev–Trinajstić information content (AvgIpc) is 2.79. The summed E-state index contributed by atoms with van der Waals surface area (Å²) >= 11 is 0. The van der Waals surface area contributed by atoms with Gasteiger partial charge in [-0.05, 0) is 31.7 Å². The van der Waals surface area contributed by atoms with Gasteiger partial charge in [-0.25, -0.2) is 0 Å². The Morgan fingerprint density at radius 1 is 1.54 bits per heavy atom. The molecule has 1 aromatic heterocycles. The van der Waals surface area contributed by atoms with Gasteiger partial charge in [0, 0.05) is 18.3 Å². The molecule has 0 radical (unpaired) electrons. The van der Waals surface area contributed by atoms with E-state index < -0.39 is 0 Å². The van der Waals surface area contributed by atoms with Crippen LogP contribution in [-0.2, 0) is 6.54 Å². The number of hydrogen-bond acceptors (Lipinski definition) is 2. The summed E-state index contributed by atoms with van der Waals surface area (Å²) in [5.41, 5.74) is 0.751. The van der Waals surface area contributed by atoms with Gasteiger partial charge < -0.3 is 9.67 Å². The van der Waals surface area contributed by atoms with Gasteiger partial charge in [0.1, 0.15) is 5.75 Å². The van der Waals surface area contributed by atoms with Crippen molar-refractivity contribution in [1.29, 1.82) is 0 Å². The lowest BCUT2D eigenvalue weighted by molar-refractivity contribution is 0.467. The molecule has 0 unspecified atom stereocenters. The predicted octanol–water partition coefficient (Wildman–Crippen LogP) is 1.27. The van der Waals surface area contributed by atoms with Crippen LogP contribution in [0.3, 0.4) is 0 Å². The van der Waals surface area contributed by atoms with Crippen molar-refractivity contribution in [3.63, 3.8) is 0 Å². The van der Waals surface area contributed by atoms with E-state index in [4.69, 9.17) is 5.11 Å². The second-order valence-electron chi connectivity index (χ2n) is 3.75. The van der Waals surface area contributed by atoms with E-state index in [9.17, 15) is 4.79 Å². The van der Waals surface area contributed by atoms with Crippen LogP contribution in [0.4, 0.5) is 0 Å². The van der Waals surface area contributed by atoms with E-state index in [2.05, 4.69) is 0 Å². The molecule has 0 bridgehead atoms. The highest BCUT2D eigenvalue weighted by atomic mass is 16.3. The van der Waals surface area contributed by atoms with E-state index in [0.29, 0.717) is 5.92 Å². The van der Waals surface area contributed by atoms with Crippen LogP contribution < -0.4 is 5.56 Å². The predicted molar refractivity (Wildman–Crippen MR) is 49.8 cm³/mol. The van der Waals surface area contributed by atoms with Gasteiger partial charge in [-0.15, -0.1) is 0 Å². The van der Waals surface area contributed by atoms with Crippen LogP contribution in [0.5, 0.6) is 5.75 Å². The Morgan fingerprint density at radius 3 is 2.77 bits per heavy atom. The van der Waals surface area contributed by atoms with Gasteiger partial charge in [0.05, 0.1) is 0 Å². The van der Waals surface area contributed by atoms with Gasteiger partial charge in [-0.1, -0.05) is 0 Å². The Labute approximate surface area is 76.6 Å². The Morgan fingerprint density at radius 2 is 2.23 bits per heavy atom. The van der Waals surface area contributed by atoms with E-state index in [0.717, 1.165) is 12.2 Å². The molecule has 2 rings (SSSR count). The van der Waals surface area contributed by atoms with Crippen molar-refractivity contribution in [2.45, 2.75) is 26.3 Å². The highest BCUT2D eigenvalue weighted by molar-refractivity contribution is 5.21. The fourth-order valence-electron chi connectivity index (χ4n) is 1.50. The average molecular weight is 179 g/mol. The highest BCUT2D eigenvalue weighted by Crippen LogP contribution is 2.30. The third kappa shape index (κ3) is 1.74. The van der Waals surface area contributed by atoms with Gasteiger partial charge >= 0.3 is 0 Å². The first-order valence-electron chi connectivity index (χ1n) is 4.57. The van der Waals surface area contributed by atoms with Crippen molar-refractivity contribution >= 4 is 0 Å². The van der Waals surface area contributed by atoms with Gasteiger partial charge in [-0.3, -0.25) is 4.79 Å². The molecule has 1 N–H and O–H groups in total. The lowest BCUT2D eigenvalue weighted by Gasteiger charge is -2.08. The number of aromatic nitrogens is 1. The zero-order chi connectivity index (χ0) is 9.42. The Bertz CT molecular complexity index is 377. The second-order valence-corrected chi connectivity index (χ2v) is 3.75. The van der Waals surface area contributed by atoms with Crippen molar-refractivity contribution in [2.75, 3.05) is 0 Å². The minimum absolute atomic E-state index is 0.0644. The lowest BCUT2D eigenvalue weighted by Crippen LogP contribution is -2.21. The summed E-state index contributed by atoms with van der Waals surface area (Å²) in [6, 6.07) is 2.90. The molecule has 3 nitrogen and oxygen atoms in total. The molecule has 1 aliphatic carbocycles. The van der Waals surface area contributed by atoms with Crippen LogP contribution in [0.25, 0.3) is 0 Å². The largest absolute Gasteiger partial charge is 0.508 e. The summed E-state index contributed by atoms with van der Waals surface area (Å²) in [7, 11) is 0. The molecule has 70 valence electrons. The highest BCUT2D eigenvalue weighted by Gasteiger charge is 2.22. The normalized spacial score (nSPS) is 16.1. The molecule has 0 aromatic carbocycles. The Balaban J connectivity index is 2.36. The first-order chi connectivity index (χ1) is 6.16. The molecule has 1 saturated carbocycles. The zero-order valence-corrected chi connectivity index (χ0v) is 7.66. The van der Waals surface area contributed by atoms with Crippen molar-refractivity contribution in [2.24, 2.45) is 5.92 Å². The molecule has 1 heterocycles. The quantitative estimate of drug-likeness (QED) is 0.743. The van der Waals surface area contributed by atoms with Crippen LogP contribution in [0, 0.1) is 12.8 Å². The van der Waals surface area contributed by atoms with E-state index in [-0.39, 0.29) is 11.3 Å². The zero-order valence-electron chi connectivity index (χ0n) is 7.66. The van der Waals surface area contributed by atoms with Crippen molar-refractivity contribution in [3.8, 4) is 5.75 Å². The minimum Gasteiger partial charge on any atom is -0.508 e. The monoisotopic (exact) mass is 179 g/mol. The fraction of sp³-hybridized carbons (Fsp3) is 0.500. The maximum atomic E-state index is 11.4. The molecule has 0 spiro atoms. The second kappa shape index (κ2) is 2.91. The van der Waals surface area contributed by atoms with Gasteiger partial charge in [0.25, 0.3) is 5.56 Å². The molecule has 1 aromatic rings. The first kappa shape index (κ1) is 8.35. The third-order valence-electron chi connectivity index (χ3n) is 2.46. The number of hydrogen-bond donors (Lipinski definition) is 1. The Kier molecular flexibility index (Phi) is 1.87. The molecule has 1 fully saturated rings. The standard InChI is InChI=1S/C10H13NO2/c1-7-4-9(12)5-10(13)11(7)6-8-2-3-8/h4-5,8,12H,2-3,6H2,1H3. The summed E-state index contributed by atoms with van der Waals surface area (Å²) in [6.07, 6.45) is 2.46. The smallest absolute Gasteiger partial charge is 0.254 e. The molecule has 0 atom stereocenters. The third-order valence-corrected chi connectivity index (χ3v) is 2.46. The van der Waals surface area contributed by atoms with Gasteiger partial charge in [0.15, 0.2) is 0 Å².